The minimum absolute atomic E-state index is 0.545. The fourth-order valence-corrected chi connectivity index (χ4v) is 4.77. The van der Waals surface area contributed by atoms with Crippen molar-refractivity contribution in [2.24, 2.45) is 0 Å². The van der Waals surface area contributed by atoms with E-state index in [1.165, 1.54) is 5.56 Å². The molecule has 0 radical (unpaired) electrons. The summed E-state index contributed by atoms with van der Waals surface area (Å²) < 4.78 is 8.50. The maximum Gasteiger partial charge on any atom is 0.121 e. The SMILES string of the molecule is Cc1cc(Nc2cccc(OCCn3c(Cc4ccccc4)nc4ccccc43)c2)c2ccccc2n1. The van der Waals surface area contributed by atoms with E-state index in [2.05, 4.69) is 75.5 Å². The molecule has 5 heteroatoms. The van der Waals surface area contributed by atoms with Gasteiger partial charge >= 0.3 is 0 Å². The number of benzene rings is 4. The molecule has 0 saturated heterocycles. The van der Waals surface area contributed by atoms with Crippen molar-refractivity contribution >= 4 is 33.3 Å². The average Bonchev–Trinajstić information content (AvgIpc) is 3.26. The van der Waals surface area contributed by atoms with Crippen LogP contribution in [0.5, 0.6) is 5.75 Å². The fourth-order valence-electron chi connectivity index (χ4n) is 4.77. The first-order valence-corrected chi connectivity index (χ1v) is 12.6. The van der Waals surface area contributed by atoms with Crippen molar-refractivity contribution in [3.63, 3.8) is 0 Å². The summed E-state index contributed by atoms with van der Waals surface area (Å²) in [7, 11) is 0. The molecule has 0 unspecified atom stereocenters. The summed E-state index contributed by atoms with van der Waals surface area (Å²) in [4.78, 5) is 9.56. The molecule has 0 fully saturated rings. The van der Waals surface area contributed by atoms with Crippen LogP contribution in [0.15, 0.2) is 109 Å². The maximum atomic E-state index is 6.22. The molecular weight excluding hydrogens is 456 g/mol. The van der Waals surface area contributed by atoms with Gasteiger partial charge in [0.15, 0.2) is 0 Å². The van der Waals surface area contributed by atoms with E-state index in [-0.39, 0.29) is 0 Å². The van der Waals surface area contributed by atoms with Crippen molar-refractivity contribution in [1.29, 1.82) is 0 Å². The van der Waals surface area contributed by atoms with E-state index in [0.29, 0.717) is 13.2 Å². The van der Waals surface area contributed by atoms with E-state index in [1.807, 2.05) is 55.5 Å². The summed E-state index contributed by atoms with van der Waals surface area (Å²) >= 11 is 0. The molecule has 5 nitrogen and oxygen atoms in total. The van der Waals surface area contributed by atoms with Gasteiger partial charge in [0.05, 0.1) is 23.1 Å². The maximum absolute atomic E-state index is 6.22. The summed E-state index contributed by atoms with van der Waals surface area (Å²) in [6.07, 6.45) is 0.786. The third kappa shape index (κ3) is 5.02. The predicted molar refractivity (Wildman–Crippen MR) is 151 cm³/mol. The normalized spacial score (nSPS) is 11.2. The largest absolute Gasteiger partial charge is 0.492 e. The Morgan fingerprint density at radius 3 is 2.43 bits per heavy atom. The second-order valence-electron chi connectivity index (χ2n) is 9.16. The molecule has 4 aromatic carbocycles. The van der Waals surface area contributed by atoms with E-state index in [0.717, 1.165) is 57.0 Å². The molecule has 0 amide bonds. The number of rotatable bonds is 8. The molecule has 6 rings (SSSR count). The van der Waals surface area contributed by atoms with E-state index >= 15 is 0 Å². The van der Waals surface area contributed by atoms with Gasteiger partial charge in [0.1, 0.15) is 18.2 Å². The number of imidazole rings is 1. The van der Waals surface area contributed by atoms with Crippen LogP contribution in [-0.2, 0) is 13.0 Å². The number of nitrogens with zero attached hydrogens (tertiary/aromatic N) is 3. The van der Waals surface area contributed by atoms with Crippen molar-refractivity contribution in [2.75, 3.05) is 11.9 Å². The van der Waals surface area contributed by atoms with Crippen LogP contribution in [0, 0.1) is 6.92 Å². The van der Waals surface area contributed by atoms with Crippen molar-refractivity contribution < 1.29 is 4.74 Å². The minimum Gasteiger partial charge on any atom is -0.492 e. The molecule has 0 spiro atoms. The number of ether oxygens (including phenoxy) is 1. The van der Waals surface area contributed by atoms with Crippen LogP contribution in [-0.4, -0.2) is 21.1 Å². The highest BCUT2D eigenvalue weighted by Crippen LogP contribution is 2.28. The Hall–Kier alpha value is -4.64. The summed E-state index contributed by atoms with van der Waals surface area (Å²) in [6.45, 7) is 3.28. The van der Waals surface area contributed by atoms with Gasteiger partial charge in [-0.3, -0.25) is 4.98 Å². The van der Waals surface area contributed by atoms with Gasteiger partial charge in [-0.05, 0) is 48.9 Å². The van der Waals surface area contributed by atoms with E-state index in [4.69, 9.17) is 9.72 Å². The Morgan fingerprint density at radius 2 is 1.54 bits per heavy atom. The molecule has 182 valence electrons. The highest BCUT2D eigenvalue weighted by molar-refractivity contribution is 5.93. The van der Waals surface area contributed by atoms with Crippen LogP contribution >= 0.6 is 0 Å². The first kappa shape index (κ1) is 22.8. The molecule has 0 aliphatic carbocycles. The average molecular weight is 485 g/mol. The standard InChI is InChI=1S/C32H28N4O/c1-23-20-30(27-14-5-6-15-28(27)33-23)34-25-12-9-13-26(22-25)37-19-18-36-31-17-8-7-16-29(31)35-32(36)21-24-10-3-2-4-11-24/h2-17,20,22H,18-19,21H2,1H3,(H,33,34). The van der Waals surface area contributed by atoms with E-state index in [1.54, 1.807) is 0 Å². The first-order chi connectivity index (χ1) is 18.2. The second-order valence-corrected chi connectivity index (χ2v) is 9.16. The Labute approximate surface area is 216 Å². The van der Waals surface area contributed by atoms with Crippen LogP contribution in [0.3, 0.4) is 0 Å². The Balaban J connectivity index is 1.19. The lowest BCUT2D eigenvalue weighted by Crippen LogP contribution is -2.11. The lowest BCUT2D eigenvalue weighted by molar-refractivity contribution is 0.298. The molecule has 6 aromatic rings. The van der Waals surface area contributed by atoms with E-state index in [9.17, 15) is 0 Å². The minimum atomic E-state index is 0.545. The zero-order chi connectivity index (χ0) is 25.0. The van der Waals surface area contributed by atoms with Crippen molar-refractivity contribution in [1.82, 2.24) is 14.5 Å². The molecule has 0 aliphatic heterocycles. The summed E-state index contributed by atoms with van der Waals surface area (Å²) in [6, 6.07) is 37.1. The predicted octanol–water partition coefficient (Wildman–Crippen LogP) is 7.31. The molecule has 0 atom stereocenters. The van der Waals surface area contributed by atoms with Crippen LogP contribution in [0.25, 0.3) is 21.9 Å². The highest BCUT2D eigenvalue weighted by Gasteiger charge is 2.11. The number of hydrogen-bond acceptors (Lipinski definition) is 4. The van der Waals surface area contributed by atoms with E-state index < -0.39 is 0 Å². The summed E-state index contributed by atoms with van der Waals surface area (Å²) in [5.74, 6) is 1.88. The Kier molecular flexibility index (Phi) is 6.26. The molecule has 0 bridgehead atoms. The van der Waals surface area contributed by atoms with Gasteiger partial charge < -0.3 is 14.6 Å². The van der Waals surface area contributed by atoms with Crippen LogP contribution < -0.4 is 10.1 Å². The third-order valence-electron chi connectivity index (χ3n) is 6.48. The van der Waals surface area contributed by atoms with Gasteiger partial charge in [-0.1, -0.05) is 66.7 Å². The van der Waals surface area contributed by atoms with Gasteiger partial charge in [-0.25, -0.2) is 4.98 Å². The Bertz CT molecular complexity index is 1670. The van der Waals surface area contributed by atoms with Gasteiger partial charge in [0.25, 0.3) is 0 Å². The van der Waals surface area contributed by atoms with Crippen molar-refractivity contribution in [2.45, 2.75) is 19.9 Å². The fraction of sp³-hybridized carbons (Fsp3) is 0.125. The lowest BCUT2D eigenvalue weighted by Gasteiger charge is -2.14. The van der Waals surface area contributed by atoms with Gasteiger partial charge in [0, 0.05) is 34.9 Å². The zero-order valence-electron chi connectivity index (χ0n) is 20.8. The molecule has 0 aliphatic rings. The topological polar surface area (TPSA) is 52.0 Å². The third-order valence-corrected chi connectivity index (χ3v) is 6.48. The number of nitrogens with one attached hydrogen (secondary N) is 1. The number of anilines is 2. The van der Waals surface area contributed by atoms with Gasteiger partial charge in [-0.15, -0.1) is 0 Å². The number of pyridine rings is 1. The number of fused-ring (bicyclic) bond motifs is 2. The molecule has 1 N–H and O–H groups in total. The molecule has 0 saturated carbocycles. The van der Waals surface area contributed by atoms with Crippen molar-refractivity contribution in [3.05, 3.63) is 126 Å². The lowest BCUT2D eigenvalue weighted by atomic mass is 10.1. The number of para-hydroxylation sites is 3. The summed E-state index contributed by atoms with van der Waals surface area (Å²) in [5.41, 5.74) is 7.37. The monoisotopic (exact) mass is 484 g/mol. The highest BCUT2D eigenvalue weighted by atomic mass is 16.5. The van der Waals surface area contributed by atoms with Crippen molar-refractivity contribution in [3.8, 4) is 5.75 Å². The molecule has 2 heterocycles. The van der Waals surface area contributed by atoms with Gasteiger partial charge in [-0.2, -0.15) is 0 Å². The molecular formula is C32H28N4O. The van der Waals surface area contributed by atoms with Gasteiger partial charge in [0.2, 0.25) is 0 Å². The first-order valence-electron chi connectivity index (χ1n) is 12.6. The van der Waals surface area contributed by atoms with Crippen LogP contribution in [0.2, 0.25) is 0 Å². The number of aromatic nitrogens is 3. The smallest absolute Gasteiger partial charge is 0.121 e. The molecule has 37 heavy (non-hydrogen) atoms. The number of aryl methyl sites for hydroxylation is 1. The quantitative estimate of drug-likeness (QED) is 0.246. The Morgan fingerprint density at radius 1 is 0.757 bits per heavy atom. The number of hydrogen-bond donors (Lipinski definition) is 1. The van der Waals surface area contributed by atoms with Crippen LogP contribution in [0.1, 0.15) is 17.1 Å². The molecule has 2 aromatic heterocycles. The second kappa shape index (κ2) is 10.2. The zero-order valence-corrected chi connectivity index (χ0v) is 20.8. The summed E-state index contributed by atoms with van der Waals surface area (Å²) in [5, 5.41) is 4.65. The van der Waals surface area contributed by atoms with Crippen LogP contribution in [0.4, 0.5) is 11.4 Å².